The van der Waals surface area contributed by atoms with Crippen LogP contribution >= 0.6 is 11.6 Å². The van der Waals surface area contributed by atoms with E-state index in [1.165, 1.54) is 6.08 Å². The molecule has 1 amide bonds. The Kier molecular flexibility index (Phi) is 4.38. The van der Waals surface area contributed by atoms with E-state index >= 15 is 0 Å². The smallest absolute Gasteiger partial charge is 0.366 e. The molecule has 0 saturated carbocycles. The van der Waals surface area contributed by atoms with Crippen molar-refractivity contribution in [1.82, 2.24) is 14.8 Å². The van der Waals surface area contributed by atoms with Gasteiger partial charge >= 0.3 is 6.18 Å². The van der Waals surface area contributed by atoms with Crippen LogP contribution in [-0.2, 0) is 11.0 Å². The summed E-state index contributed by atoms with van der Waals surface area (Å²) in [5.41, 5.74) is 4.14. The second kappa shape index (κ2) is 6.10. The number of hydrogen-bond acceptors (Lipinski definition) is 4. The minimum Gasteiger partial charge on any atom is -0.366 e. The van der Waals surface area contributed by atoms with Crippen LogP contribution in [0.1, 0.15) is 16.8 Å². The van der Waals surface area contributed by atoms with Crippen molar-refractivity contribution in [3.63, 3.8) is 0 Å². The van der Waals surface area contributed by atoms with Crippen molar-refractivity contribution < 1.29 is 18.0 Å². The van der Waals surface area contributed by atoms with E-state index in [9.17, 15) is 18.0 Å². The molecular formula is C13H7ClF3N5O. The van der Waals surface area contributed by atoms with Crippen molar-refractivity contribution in [3.8, 4) is 11.9 Å². The van der Waals surface area contributed by atoms with Crippen LogP contribution in [0.15, 0.2) is 24.5 Å². The van der Waals surface area contributed by atoms with Crippen molar-refractivity contribution in [3.05, 3.63) is 46.4 Å². The molecule has 0 fully saturated rings. The lowest BCUT2D eigenvalue weighted by Gasteiger charge is -2.10. The van der Waals surface area contributed by atoms with Gasteiger partial charge in [0.1, 0.15) is 6.07 Å². The largest absolute Gasteiger partial charge is 0.417 e. The summed E-state index contributed by atoms with van der Waals surface area (Å²) in [4.78, 5) is 14.5. The minimum atomic E-state index is -4.59. The quantitative estimate of drug-likeness (QED) is 0.866. The highest BCUT2D eigenvalue weighted by Crippen LogP contribution is 2.32. The van der Waals surface area contributed by atoms with Crippen LogP contribution in [0.4, 0.5) is 13.2 Å². The molecule has 2 rings (SSSR count). The maximum atomic E-state index is 12.6. The van der Waals surface area contributed by atoms with Gasteiger partial charge in [-0.15, -0.1) is 0 Å². The van der Waals surface area contributed by atoms with Crippen LogP contribution in [0, 0.1) is 11.3 Å². The Balaban J connectivity index is 2.57. The number of nitrogens with zero attached hydrogens (tertiary/aromatic N) is 4. The Morgan fingerprint density at radius 2 is 2.13 bits per heavy atom. The molecule has 2 heterocycles. The van der Waals surface area contributed by atoms with Crippen LogP contribution in [0.3, 0.4) is 0 Å². The van der Waals surface area contributed by atoms with Crippen LogP contribution in [0.5, 0.6) is 0 Å². The molecule has 2 aromatic heterocycles. The lowest BCUT2D eigenvalue weighted by atomic mass is 10.2. The Hall–Kier alpha value is -2.86. The minimum absolute atomic E-state index is 0.0697. The van der Waals surface area contributed by atoms with Crippen LogP contribution < -0.4 is 5.73 Å². The number of hydrogen-bond donors (Lipinski definition) is 1. The number of primary amides is 1. The maximum absolute atomic E-state index is 12.6. The molecule has 0 aliphatic carbocycles. The second-order valence-corrected chi connectivity index (χ2v) is 4.64. The first-order valence-corrected chi connectivity index (χ1v) is 6.30. The summed E-state index contributed by atoms with van der Waals surface area (Å²) in [6, 6.07) is 2.52. The third kappa shape index (κ3) is 3.49. The normalized spacial score (nSPS) is 11.6. The molecule has 0 saturated heterocycles. The highest BCUT2D eigenvalue weighted by molar-refractivity contribution is 6.32. The number of nitrogens with two attached hydrogens (primary N) is 1. The molecule has 0 aromatic carbocycles. The van der Waals surface area contributed by atoms with E-state index in [1.807, 2.05) is 6.07 Å². The predicted molar refractivity (Wildman–Crippen MR) is 74.3 cm³/mol. The molecule has 0 spiro atoms. The Labute approximate surface area is 132 Å². The van der Waals surface area contributed by atoms with Gasteiger partial charge < -0.3 is 5.73 Å². The third-order valence-electron chi connectivity index (χ3n) is 2.68. The van der Waals surface area contributed by atoms with Crippen LogP contribution in [0.2, 0.25) is 5.02 Å². The number of halogens is 4. The summed E-state index contributed by atoms with van der Waals surface area (Å²) in [5.74, 6) is -0.890. The van der Waals surface area contributed by atoms with E-state index in [4.69, 9.17) is 22.6 Å². The molecule has 0 bridgehead atoms. The molecular weight excluding hydrogens is 335 g/mol. The van der Waals surface area contributed by atoms with Crippen molar-refractivity contribution >= 4 is 23.6 Å². The first-order chi connectivity index (χ1) is 10.7. The SMILES string of the molecule is N#Cc1cnn(-c2ncc(C(F)(F)F)cc2Cl)c1C=CC(N)=O. The van der Waals surface area contributed by atoms with Gasteiger partial charge in [0.05, 0.1) is 28.0 Å². The van der Waals surface area contributed by atoms with Gasteiger partial charge in [0.2, 0.25) is 5.91 Å². The monoisotopic (exact) mass is 341 g/mol. The van der Waals surface area contributed by atoms with E-state index < -0.39 is 17.6 Å². The number of nitriles is 1. The zero-order valence-corrected chi connectivity index (χ0v) is 11.9. The number of alkyl halides is 3. The first-order valence-electron chi connectivity index (χ1n) is 5.92. The Bertz CT molecular complexity index is 835. The second-order valence-electron chi connectivity index (χ2n) is 4.23. The topological polar surface area (TPSA) is 97.6 Å². The molecule has 10 heteroatoms. The lowest BCUT2D eigenvalue weighted by molar-refractivity contribution is -0.137. The molecule has 118 valence electrons. The van der Waals surface area contributed by atoms with Gasteiger partial charge in [-0.1, -0.05) is 11.6 Å². The fourth-order valence-corrected chi connectivity index (χ4v) is 1.92. The van der Waals surface area contributed by atoms with E-state index in [0.717, 1.165) is 17.0 Å². The van der Waals surface area contributed by atoms with Crippen molar-refractivity contribution in [2.24, 2.45) is 5.73 Å². The summed E-state index contributed by atoms with van der Waals surface area (Å²) in [6.45, 7) is 0. The fourth-order valence-electron chi connectivity index (χ4n) is 1.68. The summed E-state index contributed by atoms with van der Waals surface area (Å²) in [7, 11) is 0. The van der Waals surface area contributed by atoms with Crippen LogP contribution in [-0.4, -0.2) is 20.7 Å². The summed E-state index contributed by atoms with van der Waals surface area (Å²) >= 11 is 5.84. The number of aromatic nitrogens is 3. The Morgan fingerprint density at radius 3 is 2.65 bits per heavy atom. The molecule has 0 aliphatic heterocycles. The molecule has 2 N–H and O–H groups in total. The molecule has 0 radical (unpaired) electrons. The highest BCUT2D eigenvalue weighted by atomic mass is 35.5. The average Bonchev–Trinajstić information content (AvgIpc) is 2.86. The average molecular weight is 342 g/mol. The number of rotatable bonds is 3. The molecule has 0 atom stereocenters. The van der Waals surface area contributed by atoms with E-state index in [2.05, 4.69) is 10.1 Å². The fraction of sp³-hybridized carbons (Fsp3) is 0.0769. The first kappa shape index (κ1) is 16.5. The van der Waals surface area contributed by atoms with E-state index in [-0.39, 0.29) is 22.1 Å². The van der Waals surface area contributed by atoms with Crippen molar-refractivity contribution in [2.45, 2.75) is 6.18 Å². The summed E-state index contributed by atoms with van der Waals surface area (Å²) in [5, 5.41) is 12.5. The summed E-state index contributed by atoms with van der Waals surface area (Å²) < 4.78 is 38.9. The zero-order chi connectivity index (χ0) is 17.2. The van der Waals surface area contributed by atoms with E-state index in [0.29, 0.717) is 12.3 Å². The maximum Gasteiger partial charge on any atom is 0.417 e. The Morgan fingerprint density at radius 1 is 1.43 bits per heavy atom. The van der Waals surface area contributed by atoms with Gasteiger partial charge in [-0.25, -0.2) is 9.67 Å². The third-order valence-corrected chi connectivity index (χ3v) is 2.96. The molecule has 6 nitrogen and oxygen atoms in total. The lowest BCUT2D eigenvalue weighted by Crippen LogP contribution is -2.09. The van der Waals surface area contributed by atoms with Gasteiger partial charge in [0.15, 0.2) is 5.82 Å². The van der Waals surface area contributed by atoms with Crippen molar-refractivity contribution in [1.29, 1.82) is 5.26 Å². The van der Waals surface area contributed by atoms with Gasteiger partial charge in [0.25, 0.3) is 0 Å². The zero-order valence-electron chi connectivity index (χ0n) is 11.2. The predicted octanol–water partition coefficient (Wildman–Crippen LogP) is 2.31. The number of pyridine rings is 1. The molecule has 23 heavy (non-hydrogen) atoms. The van der Waals surface area contributed by atoms with Gasteiger partial charge in [-0.3, -0.25) is 4.79 Å². The number of carbonyl (C=O) groups is 1. The number of amides is 1. The number of carbonyl (C=O) groups excluding carboxylic acids is 1. The van der Waals surface area contributed by atoms with Gasteiger partial charge in [-0.2, -0.15) is 23.5 Å². The molecule has 0 aliphatic rings. The van der Waals surface area contributed by atoms with Gasteiger partial charge in [-0.05, 0) is 12.1 Å². The van der Waals surface area contributed by atoms with Crippen molar-refractivity contribution in [2.75, 3.05) is 0 Å². The molecule has 2 aromatic rings. The standard InChI is InChI=1S/C13H7ClF3N5O/c14-9-3-8(13(15,16)17)6-20-12(9)22-10(1-2-11(19)23)7(4-18)5-21-22/h1-3,5-6H,(H2,19,23). The summed E-state index contributed by atoms with van der Waals surface area (Å²) in [6.07, 6.45) is -0.658. The highest BCUT2D eigenvalue weighted by Gasteiger charge is 2.32. The molecule has 0 unspecified atom stereocenters. The van der Waals surface area contributed by atoms with Crippen LogP contribution in [0.25, 0.3) is 11.9 Å². The van der Waals surface area contributed by atoms with Gasteiger partial charge in [0, 0.05) is 12.3 Å². The van der Waals surface area contributed by atoms with E-state index in [1.54, 1.807) is 0 Å².